The number of phenolic OH excluding ortho intramolecular Hbond substituents is 1. The summed E-state index contributed by atoms with van der Waals surface area (Å²) in [4.78, 5) is 54.7. The SMILES string of the molecule is C[C@@H](C(=O)O)N(C(=O)[C@@H]1CS[C@H](c2ccccc2O)N1C(=O)CCSC(=O)c1ccccc1)c1ccccc1. The molecule has 3 atom stereocenters. The van der Waals surface area contributed by atoms with Gasteiger partial charge in [0.1, 0.15) is 23.2 Å². The number of aliphatic carboxylic acids is 1. The Bertz CT molecular complexity index is 1340. The van der Waals surface area contributed by atoms with Crippen LogP contribution >= 0.6 is 23.5 Å². The number of nitrogens with zero attached hydrogens (tertiary/aromatic N) is 2. The lowest BCUT2D eigenvalue weighted by molar-refractivity contribution is -0.141. The highest BCUT2D eigenvalue weighted by Gasteiger charge is 2.45. The lowest BCUT2D eigenvalue weighted by Gasteiger charge is -2.34. The standard InChI is InChI=1S/C29H28N2O6S2/c1-19(28(35)36)30(21-12-6-3-7-13-21)26(34)23-18-39-27(22-14-8-9-15-24(22)32)31(23)25(33)16-17-38-29(37)20-10-4-2-5-11-20/h2-15,19,23,27,32H,16-18H2,1H3,(H,35,36)/t19-,23-,27+/m0/s1. The van der Waals surface area contributed by atoms with E-state index in [1.165, 1.54) is 34.6 Å². The molecular formula is C29H28N2O6S2. The van der Waals surface area contributed by atoms with E-state index in [1.54, 1.807) is 72.8 Å². The van der Waals surface area contributed by atoms with Crippen LogP contribution in [0.25, 0.3) is 0 Å². The fourth-order valence-electron chi connectivity index (χ4n) is 4.36. The number of amides is 2. The molecule has 1 aliphatic rings. The smallest absolute Gasteiger partial charge is 0.326 e. The van der Waals surface area contributed by atoms with Gasteiger partial charge in [0.05, 0.1) is 0 Å². The number of hydrogen-bond donors (Lipinski definition) is 2. The zero-order valence-electron chi connectivity index (χ0n) is 21.2. The van der Waals surface area contributed by atoms with Gasteiger partial charge in [0, 0.05) is 34.7 Å². The van der Waals surface area contributed by atoms with Crippen molar-refractivity contribution in [2.75, 3.05) is 16.4 Å². The van der Waals surface area contributed by atoms with Gasteiger partial charge in [-0.05, 0) is 25.1 Å². The minimum Gasteiger partial charge on any atom is -0.508 e. The van der Waals surface area contributed by atoms with Gasteiger partial charge in [-0.3, -0.25) is 19.3 Å². The van der Waals surface area contributed by atoms with Gasteiger partial charge in [0.2, 0.25) is 11.0 Å². The third kappa shape index (κ3) is 6.46. The molecule has 0 aromatic heterocycles. The van der Waals surface area contributed by atoms with Crippen LogP contribution in [0.1, 0.15) is 34.6 Å². The number of para-hydroxylation sites is 2. The molecular weight excluding hydrogens is 536 g/mol. The molecule has 4 rings (SSSR count). The van der Waals surface area contributed by atoms with Crippen molar-refractivity contribution in [2.45, 2.75) is 30.8 Å². The Hall–Kier alpha value is -3.76. The molecule has 8 nitrogen and oxygen atoms in total. The van der Waals surface area contributed by atoms with E-state index >= 15 is 0 Å². The molecule has 2 N–H and O–H groups in total. The highest BCUT2D eigenvalue weighted by Crippen LogP contribution is 2.45. The summed E-state index contributed by atoms with van der Waals surface area (Å²) in [6.45, 7) is 1.42. The normalized spacial score (nSPS) is 17.4. The van der Waals surface area contributed by atoms with Crippen molar-refractivity contribution in [3.63, 3.8) is 0 Å². The van der Waals surface area contributed by atoms with Gasteiger partial charge in [-0.15, -0.1) is 11.8 Å². The second-order valence-electron chi connectivity index (χ2n) is 8.87. The van der Waals surface area contributed by atoms with Gasteiger partial charge >= 0.3 is 5.97 Å². The van der Waals surface area contributed by atoms with Crippen LogP contribution in [0.5, 0.6) is 5.75 Å². The number of aromatic hydroxyl groups is 1. The molecule has 0 bridgehead atoms. The molecule has 0 radical (unpaired) electrons. The Balaban J connectivity index is 1.61. The first-order chi connectivity index (χ1) is 18.8. The van der Waals surface area contributed by atoms with Gasteiger partial charge < -0.3 is 15.1 Å². The van der Waals surface area contributed by atoms with Gasteiger partial charge in [-0.2, -0.15) is 0 Å². The van der Waals surface area contributed by atoms with Gasteiger partial charge in [0.15, 0.2) is 0 Å². The number of carbonyl (C=O) groups is 4. The molecule has 0 unspecified atom stereocenters. The van der Waals surface area contributed by atoms with Crippen molar-refractivity contribution < 1.29 is 29.4 Å². The van der Waals surface area contributed by atoms with E-state index in [9.17, 15) is 29.4 Å². The summed E-state index contributed by atoms with van der Waals surface area (Å²) in [5, 5.41) is 19.5. The maximum atomic E-state index is 14.0. The Labute approximate surface area is 235 Å². The fourth-order valence-corrected chi connectivity index (χ4v) is 6.59. The lowest BCUT2D eigenvalue weighted by atomic mass is 10.1. The van der Waals surface area contributed by atoms with Crippen molar-refractivity contribution in [3.8, 4) is 5.75 Å². The summed E-state index contributed by atoms with van der Waals surface area (Å²) in [5.74, 6) is -1.65. The van der Waals surface area contributed by atoms with Gasteiger partial charge in [-0.25, -0.2) is 4.79 Å². The number of thioether (sulfide) groups is 2. The Morgan fingerprint density at radius 2 is 1.59 bits per heavy atom. The first-order valence-corrected chi connectivity index (χ1v) is 14.4. The van der Waals surface area contributed by atoms with Crippen LogP contribution in [0.4, 0.5) is 5.69 Å². The average molecular weight is 565 g/mol. The molecule has 0 spiro atoms. The average Bonchev–Trinajstić information content (AvgIpc) is 3.39. The molecule has 3 aromatic carbocycles. The van der Waals surface area contributed by atoms with E-state index in [0.717, 1.165) is 11.8 Å². The number of carboxylic acid groups (broad SMARTS) is 1. The predicted octanol–water partition coefficient (Wildman–Crippen LogP) is 4.80. The highest BCUT2D eigenvalue weighted by atomic mass is 32.2. The first kappa shape index (κ1) is 28.3. The molecule has 0 saturated carbocycles. The molecule has 1 heterocycles. The largest absolute Gasteiger partial charge is 0.508 e. The summed E-state index contributed by atoms with van der Waals surface area (Å²) >= 11 is 2.35. The van der Waals surface area contributed by atoms with Crippen LogP contribution in [-0.2, 0) is 14.4 Å². The third-order valence-corrected chi connectivity index (χ3v) is 8.56. The number of benzene rings is 3. The maximum Gasteiger partial charge on any atom is 0.326 e. The van der Waals surface area contributed by atoms with E-state index in [-0.39, 0.29) is 34.7 Å². The van der Waals surface area contributed by atoms with Gasteiger partial charge in [0.25, 0.3) is 5.91 Å². The van der Waals surface area contributed by atoms with E-state index in [2.05, 4.69) is 0 Å². The zero-order valence-corrected chi connectivity index (χ0v) is 22.8. The molecule has 1 saturated heterocycles. The van der Waals surface area contributed by atoms with Crippen molar-refractivity contribution in [1.82, 2.24) is 4.90 Å². The molecule has 39 heavy (non-hydrogen) atoms. The third-order valence-electron chi connectivity index (χ3n) is 6.35. The quantitative estimate of drug-likeness (QED) is 0.381. The Morgan fingerprint density at radius 3 is 2.23 bits per heavy atom. The Morgan fingerprint density at radius 1 is 0.974 bits per heavy atom. The second-order valence-corrected chi connectivity index (χ2v) is 11.1. The van der Waals surface area contributed by atoms with Crippen LogP contribution in [-0.4, -0.2) is 61.6 Å². The van der Waals surface area contributed by atoms with Crippen molar-refractivity contribution in [3.05, 3.63) is 96.1 Å². The predicted molar refractivity (Wildman–Crippen MR) is 153 cm³/mol. The van der Waals surface area contributed by atoms with E-state index < -0.39 is 29.3 Å². The minimum absolute atomic E-state index is 0.00616. The second kappa shape index (κ2) is 12.9. The molecule has 1 aliphatic heterocycles. The maximum absolute atomic E-state index is 14.0. The van der Waals surface area contributed by atoms with Crippen molar-refractivity contribution >= 4 is 52.1 Å². The molecule has 10 heteroatoms. The monoisotopic (exact) mass is 564 g/mol. The van der Waals surface area contributed by atoms with Crippen LogP contribution < -0.4 is 4.90 Å². The van der Waals surface area contributed by atoms with E-state index in [0.29, 0.717) is 16.8 Å². The minimum atomic E-state index is -1.18. The van der Waals surface area contributed by atoms with Gasteiger partial charge in [-0.1, -0.05) is 78.5 Å². The summed E-state index contributed by atoms with van der Waals surface area (Å²) in [5.41, 5.74) is 1.43. The van der Waals surface area contributed by atoms with E-state index in [1.807, 2.05) is 6.07 Å². The number of phenols is 1. The lowest BCUT2D eigenvalue weighted by Crippen LogP contribution is -2.54. The fraction of sp³-hybridized carbons (Fsp3) is 0.241. The number of carbonyl (C=O) groups excluding carboxylic acids is 3. The zero-order chi connectivity index (χ0) is 27.9. The summed E-state index contributed by atoms with van der Waals surface area (Å²) < 4.78 is 0. The Kier molecular flexibility index (Phi) is 9.32. The topological polar surface area (TPSA) is 115 Å². The molecule has 202 valence electrons. The van der Waals surface area contributed by atoms with Crippen LogP contribution in [0.2, 0.25) is 0 Å². The number of anilines is 1. The summed E-state index contributed by atoms with van der Waals surface area (Å²) in [7, 11) is 0. The highest BCUT2D eigenvalue weighted by molar-refractivity contribution is 8.14. The van der Waals surface area contributed by atoms with Crippen molar-refractivity contribution in [2.24, 2.45) is 0 Å². The number of hydrogen-bond acceptors (Lipinski definition) is 7. The molecule has 0 aliphatic carbocycles. The van der Waals surface area contributed by atoms with E-state index in [4.69, 9.17) is 0 Å². The van der Waals surface area contributed by atoms with Crippen LogP contribution in [0.15, 0.2) is 84.9 Å². The van der Waals surface area contributed by atoms with Crippen LogP contribution in [0.3, 0.4) is 0 Å². The molecule has 3 aromatic rings. The summed E-state index contributed by atoms with van der Waals surface area (Å²) in [6, 6.07) is 21.7. The molecule has 1 fully saturated rings. The number of rotatable bonds is 9. The first-order valence-electron chi connectivity index (χ1n) is 12.3. The molecule has 2 amide bonds. The van der Waals surface area contributed by atoms with Crippen molar-refractivity contribution in [1.29, 1.82) is 0 Å². The van der Waals surface area contributed by atoms with Crippen LogP contribution in [0, 0.1) is 0 Å². The number of carboxylic acids is 1. The summed E-state index contributed by atoms with van der Waals surface area (Å²) in [6.07, 6.45) is -0.0164.